The van der Waals surface area contributed by atoms with Crippen molar-refractivity contribution in [3.63, 3.8) is 0 Å². The van der Waals surface area contributed by atoms with Crippen molar-refractivity contribution >= 4 is 11.7 Å². The van der Waals surface area contributed by atoms with Gasteiger partial charge in [-0.3, -0.25) is 0 Å². The summed E-state index contributed by atoms with van der Waals surface area (Å²) in [6.45, 7) is 6.16. The summed E-state index contributed by atoms with van der Waals surface area (Å²) in [5.41, 5.74) is 1.39. The van der Waals surface area contributed by atoms with Gasteiger partial charge in [-0.2, -0.15) is 0 Å². The molecular formula is C17H25NO3. The molecule has 1 atom stereocenters. The smallest absolute Gasteiger partial charge is 0.342 e. The van der Waals surface area contributed by atoms with E-state index in [1.165, 1.54) is 12.8 Å². The van der Waals surface area contributed by atoms with E-state index in [1.54, 1.807) is 6.07 Å². The zero-order valence-electron chi connectivity index (χ0n) is 13.0. The molecule has 0 saturated carbocycles. The maximum Gasteiger partial charge on any atom is 0.342 e. The van der Waals surface area contributed by atoms with E-state index in [4.69, 9.17) is 9.47 Å². The van der Waals surface area contributed by atoms with E-state index in [0.717, 1.165) is 25.1 Å². The Morgan fingerprint density at radius 2 is 2.29 bits per heavy atom. The van der Waals surface area contributed by atoms with E-state index in [9.17, 15) is 4.79 Å². The maximum atomic E-state index is 12.3. The van der Waals surface area contributed by atoms with Crippen molar-refractivity contribution in [1.82, 2.24) is 0 Å². The molecule has 4 heteroatoms. The summed E-state index contributed by atoms with van der Waals surface area (Å²) in [6.07, 6.45) is 4.52. The highest BCUT2D eigenvalue weighted by atomic mass is 16.5. The topological polar surface area (TPSA) is 47.6 Å². The first-order valence-electron chi connectivity index (χ1n) is 7.93. The Labute approximate surface area is 126 Å². The van der Waals surface area contributed by atoms with Crippen molar-refractivity contribution in [3.05, 3.63) is 23.8 Å². The first kappa shape index (κ1) is 15.7. The normalized spacial score (nSPS) is 14.6. The molecule has 0 fully saturated rings. The highest BCUT2D eigenvalue weighted by Crippen LogP contribution is 2.31. The highest BCUT2D eigenvalue weighted by molar-refractivity contribution is 5.95. The van der Waals surface area contributed by atoms with Gasteiger partial charge < -0.3 is 14.8 Å². The molecule has 0 spiro atoms. The molecule has 1 aliphatic rings. The molecule has 0 aromatic heterocycles. The number of rotatable bonds is 7. The van der Waals surface area contributed by atoms with Crippen LogP contribution >= 0.6 is 0 Å². The number of anilines is 1. The lowest BCUT2D eigenvalue weighted by molar-refractivity contribution is 0.0423. The summed E-state index contributed by atoms with van der Waals surface area (Å²) in [5, 5.41) is 3.23. The van der Waals surface area contributed by atoms with Gasteiger partial charge in [0, 0.05) is 6.54 Å². The molecule has 0 amide bonds. The lowest BCUT2D eigenvalue weighted by Crippen LogP contribution is -2.21. The van der Waals surface area contributed by atoms with Crippen molar-refractivity contribution < 1.29 is 14.3 Å². The molecular weight excluding hydrogens is 266 g/mol. The van der Waals surface area contributed by atoms with Crippen LogP contribution in [0.3, 0.4) is 0 Å². The molecule has 1 aromatic carbocycles. The maximum absolute atomic E-state index is 12.3. The average Bonchev–Trinajstić information content (AvgIpc) is 2.54. The van der Waals surface area contributed by atoms with Gasteiger partial charge in [0.25, 0.3) is 0 Å². The van der Waals surface area contributed by atoms with Crippen molar-refractivity contribution in [1.29, 1.82) is 0 Å². The van der Waals surface area contributed by atoms with E-state index in [1.807, 2.05) is 12.1 Å². The standard InChI is InChI=1S/C17H25NO3/c1-3-5-7-13(4-2)12-21-17(19)14-8-6-9-15-16(14)20-11-10-18-15/h6,8-9,13,18H,3-5,7,10-12H2,1-2H3. The molecule has 1 aromatic rings. The van der Waals surface area contributed by atoms with E-state index in [2.05, 4.69) is 19.2 Å². The summed E-state index contributed by atoms with van der Waals surface area (Å²) in [6, 6.07) is 5.54. The molecule has 1 N–H and O–H groups in total. The number of fused-ring (bicyclic) bond motifs is 1. The molecule has 116 valence electrons. The van der Waals surface area contributed by atoms with Crippen LogP contribution in [0.2, 0.25) is 0 Å². The number of hydrogen-bond donors (Lipinski definition) is 1. The van der Waals surface area contributed by atoms with Crippen LogP contribution in [0.4, 0.5) is 5.69 Å². The summed E-state index contributed by atoms with van der Waals surface area (Å²) in [7, 11) is 0. The Balaban J connectivity index is 1.97. The largest absolute Gasteiger partial charge is 0.489 e. The van der Waals surface area contributed by atoms with E-state index >= 15 is 0 Å². The van der Waals surface area contributed by atoms with Crippen LogP contribution in [0.15, 0.2) is 18.2 Å². The van der Waals surface area contributed by atoms with Crippen LogP contribution in [0.5, 0.6) is 5.75 Å². The second-order valence-corrected chi connectivity index (χ2v) is 5.47. The van der Waals surface area contributed by atoms with Gasteiger partial charge in [-0.25, -0.2) is 4.79 Å². The number of carbonyl (C=O) groups is 1. The number of esters is 1. The van der Waals surface area contributed by atoms with Gasteiger partial charge in [-0.05, 0) is 24.5 Å². The van der Waals surface area contributed by atoms with Crippen LogP contribution < -0.4 is 10.1 Å². The van der Waals surface area contributed by atoms with Crippen molar-refractivity contribution in [2.75, 3.05) is 25.1 Å². The fourth-order valence-corrected chi connectivity index (χ4v) is 2.50. The average molecular weight is 291 g/mol. The van der Waals surface area contributed by atoms with Gasteiger partial charge in [0.15, 0.2) is 5.75 Å². The SMILES string of the molecule is CCCCC(CC)COC(=O)c1cccc2c1OCCN2. The molecule has 1 unspecified atom stereocenters. The molecule has 0 aliphatic carbocycles. The Kier molecular flexibility index (Phi) is 5.90. The lowest BCUT2D eigenvalue weighted by atomic mass is 10.0. The quantitative estimate of drug-likeness (QED) is 0.775. The third-order valence-electron chi connectivity index (χ3n) is 3.89. The Morgan fingerprint density at radius 3 is 3.05 bits per heavy atom. The molecule has 1 heterocycles. The first-order valence-corrected chi connectivity index (χ1v) is 7.93. The predicted molar refractivity (Wildman–Crippen MR) is 84.0 cm³/mol. The molecule has 1 aliphatic heterocycles. The van der Waals surface area contributed by atoms with Crippen LogP contribution in [-0.4, -0.2) is 25.7 Å². The predicted octanol–water partition coefficient (Wildman–Crippen LogP) is 3.86. The van der Waals surface area contributed by atoms with Crippen LogP contribution in [0.25, 0.3) is 0 Å². The number of hydrogen-bond acceptors (Lipinski definition) is 4. The number of para-hydroxylation sites is 1. The first-order chi connectivity index (χ1) is 10.3. The molecule has 2 rings (SSSR count). The van der Waals surface area contributed by atoms with E-state index in [0.29, 0.717) is 30.4 Å². The second-order valence-electron chi connectivity index (χ2n) is 5.47. The van der Waals surface area contributed by atoms with Crippen LogP contribution in [0, 0.1) is 5.92 Å². The van der Waals surface area contributed by atoms with Gasteiger partial charge in [0.1, 0.15) is 12.2 Å². The molecule has 4 nitrogen and oxygen atoms in total. The van der Waals surface area contributed by atoms with Gasteiger partial charge in [0.2, 0.25) is 0 Å². The summed E-state index contributed by atoms with van der Waals surface area (Å²) >= 11 is 0. The zero-order valence-corrected chi connectivity index (χ0v) is 13.0. The van der Waals surface area contributed by atoms with Crippen molar-refractivity contribution in [2.24, 2.45) is 5.92 Å². The third kappa shape index (κ3) is 4.13. The minimum Gasteiger partial charge on any atom is -0.489 e. The number of ether oxygens (including phenoxy) is 2. The molecule has 21 heavy (non-hydrogen) atoms. The molecule has 0 saturated heterocycles. The van der Waals surface area contributed by atoms with Gasteiger partial charge in [-0.15, -0.1) is 0 Å². The monoisotopic (exact) mass is 291 g/mol. The van der Waals surface area contributed by atoms with Crippen LogP contribution in [-0.2, 0) is 4.74 Å². The number of nitrogens with one attached hydrogen (secondary N) is 1. The Hall–Kier alpha value is -1.71. The highest BCUT2D eigenvalue weighted by Gasteiger charge is 2.20. The molecule has 0 radical (unpaired) electrons. The number of carbonyl (C=O) groups excluding carboxylic acids is 1. The van der Waals surface area contributed by atoms with Crippen molar-refractivity contribution in [2.45, 2.75) is 39.5 Å². The fraction of sp³-hybridized carbons (Fsp3) is 0.588. The Morgan fingerprint density at radius 1 is 1.43 bits per heavy atom. The van der Waals surface area contributed by atoms with Crippen molar-refractivity contribution in [3.8, 4) is 5.75 Å². The molecule has 0 bridgehead atoms. The second kappa shape index (κ2) is 7.91. The number of benzene rings is 1. The summed E-state index contributed by atoms with van der Waals surface area (Å²) in [4.78, 5) is 12.3. The minimum absolute atomic E-state index is 0.287. The minimum atomic E-state index is -0.287. The van der Waals surface area contributed by atoms with Gasteiger partial charge in [-0.1, -0.05) is 39.2 Å². The fourth-order valence-electron chi connectivity index (χ4n) is 2.50. The van der Waals surface area contributed by atoms with E-state index in [-0.39, 0.29) is 5.97 Å². The van der Waals surface area contributed by atoms with E-state index < -0.39 is 0 Å². The third-order valence-corrected chi connectivity index (χ3v) is 3.89. The summed E-state index contributed by atoms with van der Waals surface area (Å²) < 4.78 is 11.1. The van der Waals surface area contributed by atoms with Crippen LogP contribution in [0.1, 0.15) is 49.9 Å². The zero-order chi connectivity index (χ0) is 15.1. The van der Waals surface area contributed by atoms with Gasteiger partial charge >= 0.3 is 5.97 Å². The Bertz CT molecular complexity index is 473. The lowest BCUT2D eigenvalue weighted by Gasteiger charge is -2.21. The number of unbranched alkanes of at least 4 members (excludes halogenated alkanes) is 1. The van der Waals surface area contributed by atoms with Gasteiger partial charge in [0.05, 0.1) is 12.3 Å². The summed E-state index contributed by atoms with van der Waals surface area (Å²) in [5.74, 6) is 0.785.